The number of benzene rings is 1. The molecule has 0 spiro atoms. The third kappa shape index (κ3) is 5.24. The van der Waals surface area contributed by atoms with E-state index in [0.717, 1.165) is 22.8 Å². The summed E-state index contributed by atoms with van der Waals surface area (Å²) < 4.78 is 33.4. The number of nitrogens with two attached hydrogens (primary N) is 2. The highest BCUT2D eigenvalue weighted by Gasteiger charge is 2.10. The van der Waals surface area contributed by atoms with Gasteiger partial charge in [0.05, 0.1) is 28.5 Å². The first kappa shape index (κ1) is 17.8. The summed E-state index contributed by atoms with van der Waals surface area (Å²) in [6, 6.07) is 5.43. The van der Waals surface area contributed by atoms with Gasteiger partial charge in [0.25, 0.3) is 0 Å². The zero-order valence-electron chi connectivity index (χ0n) is 12.4. The van der Waals surface area contributed by atoms with Crippen LogP contribution in [-0.4, -0.2) is 27.3 Å². The lowest BCUT2D eigenvalue weighted by molar-refractivity contribution is 0.381. The van der Waals surface area contributed by atoms with Crippen molar-refractivity contribution in [1.29, 1.82) is 0 Å². The molecule has 1 heterocycles. The van der Waals surface area contributed by atoms with Crippen LogP contribution in [0.3, 0.4) is 0 Å². The van der Waals surface area contributed by atoms with Crippen LogP contribution in [0.5, 0.6) is 0 Å². The minimum atomic E-state index is -4.67. The van der Waals surface area contributed by atoms with Gasteiger partial charge in [-0.15, -0.1) is 0 Å². The number of nitrogens with zero attached hydrogens (tertiary/aromatic N) is 2. The minimum Gasteiger partial charge on any atom is -0.399 e. The number of nitrogen functional groups attached to an aromatic ring is 2. The monoisotopic (exact) mass is 329 g/mol. The molecule has 0 aliphatic carbocycles. The molecule has 1 aromatic carbocycles. The van der Waals surface area contributed by atoms with Gasteiger partial charge in [0.15, 0.2) is 0 Å². The summed E-state index contributed by atoms with van der Waals surface area (Å²) in [7, 11) is -2.75. The Morgan fingerprint density at radius 1 is 1.23 bits per heavy atom. The van der Waals surface area contributed by atoms with E-state index in [-0.39, 0.29) is 0 Å². The summed E-state index contributed by atoms with van der Waals surface area (Å²) in [6.07, 6.45) is 0. The van der Waals surface area contributed by atoms with E-state index in [1.54, 1.807) is 6.07 Å². The highest BCUT2D eigenvalue weighted by molar-refractivity contribution is 7.79. The van der Waals surface area contributed by atoms with Crippen molar-refractivity contribution in [1.82, 2.24) is 9.78 Å². The molecule has 0 radical (unpaired) electrons. The zero-order valence-corrected chi connectivity index (χ0v) is 13.2. The average molecular weight is 329 g/mol. The van der Waals surface area contributed by atoms with E-state index in [2.05, 4.69) is 10.4 Å². The van der Waals surface area contributed by atoms with Crippen molar-refractivity contribution in [2.75, 3.05) is 16.8 Å². The average Bonchev–Trinajstić information content (AvgIpc) is 2.57. The molecule has 2 rings (SSSR count). The minimum absolute atomic E-state index is 0.632. The van der Waals surface area contributed by atoms with Gasteiger partial charge >= 0.3 is 10.4 Å². The smallest absolute Gasteiger partial charge is 0.394 e. The van der Waals surface area contributed by atoms with E-state index in [9.17, 15) is 0 Å². The van der Waals surface area contributed by atoms with Crippen LogP contribution >= 0.6 is 0 Å². The van der Waals surface area contributed by atoms with Crippen molar-refractivity contribution >= 4 is 33.1 Å². The second-order valence-corrected chi connectivity index (χ2v) is 5.48. The molecule has 0 aliphatic rings. The first-order chi connectivity index (χ1) is 9.99. The Balaban J connectivity index is 0.000000422. The molecule has 22 heavy (non-hydrogen) atoms. The van der Waals surface area contributed by atoms with Gasteiger partial charge in [-0.2, -0.15) is 13.5 Å². The third-order valence-electron chi connectivity index (χ3n) is 2.84. The summed E-state index contributed by atoms with van der Waals surface area (Å²) in [5.74, 6) is 0. The van der Waals surface area contributed by atoms with Crippen LogP contribution in [0.4, 0.5) is 22.7 Å². The molecule has 0 amide bonds. The second kappa shape index (κ2) is 6.64. The molecule has 0 atom stereocenters. The van der Waals surface area contributed by atoms with Gasteiger partial charge in [0.1, 0.15) is 0 Å². The van der Waals surface area contributed by atoms with E-state index in [1.165, 1.54) is 0 Å². The molecule has 0 saturated carbocycles. The molecule has 1 aromatic heterocycles. The first-order valence-electron chi connectivity index (χ1n) is 6.11. The van der Waals surface area contributed by atoms with Crippen molar-refractivity contribution in [3.63, 3.8) is 0 Å². The van der Waals surface area contributed by atoms with Crippen molar-refractivity contribution < 1.29 is 17.5 Å². The van der Waals surface area contributed by atoms with Crippen LogP contribution in [0.2, 0.25) is 0 Å². The van der Waals surface area contributed by atoms with E-state index < -0.39 is 10.4 Å². The maximum Gasteiger partial charge on any atom is 0.394 e. The number of nitrogens with one attached hydrogen (secondary N) is 1. The number of anilines is 4. The van der Waals surface area contributed by atoms with Crippen LogP contribution in [0.1, 0.15) is 11.4 Å². The van der Waals surface area contributed by atoms with E-state index >= 15 is 0 Å². The second-order valence-electron chi connectivity index (χ2n) is 4.59. The molecular formula is C12H19N5O4S. The van der Waals surface area contributed by atoms with Gasteiger partial charge in [0.2, 0.25) is 0 Å². The lowest BCUT2D eigenvalue weighted by Crippen LogP contribution is -1.99. The van der Waals surface area contributed by atoms with Crippen LogP contribution < -0.4 is 16.8 Å². The molecule has 0 bridgehead atoms. The number of rotatable bonds is 2. The Kier molecular flexibility index (Phi) is 5.36. The van der Waals surface area contributed by atoms with E-state index in [0.29, 0.717) is 11.4 Å². The largest absolute Gasteiger partial charge is 0.399 e. The van der Waals surface area contributed by atoms with Crippen LogP contribution in [0.15, 0.2) is 18.2 Å². The maximum absolute atomic E-state index is 8.74. The van der Waals surface area contributed by atoms with Gasteiger partial charge in [-0.05, 0) is 32.0 Å². The van der Waals surface area contributed by atoms with Crippen molar-refractivity contribution in [2.45, 2.75) is 13.8 Å². The molecule has 9 nitrogen and oxygen atoms in total. The molecule has 0 aliphatic heterocycles. The molecular weight excluding hydrogens is 310 g/mol. The Morgan fingerprint density at radius 2 is 1.77 bits per heavy atom. The normalized spacial score (nSPS) is 10.8. The van der Waals surface area contributed by atoms with E-state index in [4.69, 9.17) is 29.0 Å². The number of hydrogen-bond acceptors (Lipinski definition) is 6. The summed E-state index contributed by atoms with van der Waals surface area (Å²) in [5.41, 5.74) is 16.7. The highest BCUT2D eigenvalue weighted by atomic mass is 32.3. The Morgan fingerprint density at radius 3 is 2.18 bits per heavy atom. The summed E-state index contributed by atoms with van der Waals surface area (Å²) >= 11 is 0. The predicted octanol–water partition coefficient (Wildman–Crippen LogP) is 1.29. The molecule has 10 heteroatoms. The quantitative estimate of drug-likeness (QED) is 0.407. The first-order valence-corrected chi connectivity index (χ1v) is 7.51. The van der Waals surface area contributed by atoms with Gasteiger partial charge in [0, 0.05) is 12.7 Å². The summed E-state index contributed by atoms with van der Waals surface area (Å²) in [5, 5.41) is 7.64. The van der Waals surface area contributed by atoms with Gasteiger partial charge < -0.3 is 16.8 Å². The lowest BCUT2D eigenvalue weighted by atomic mass is 10.2. The summed E-state index contributed by atoms with van der Waals surface area (Å²) in [6.45, 7) is 3.97. The predicted molar refractivity (Wildman–Crippen MR) is 85.4 cm³/mol. The third-order valence-corrected chi connectivity index (χ3v) is 2.84. The highest BCUT2D eigenvalue weighted by Crippen LogP contribution is 2.28. The van der Waals surface area contributed by atoms with Gasteiger partial charge in [-0.3, -0.25) is 13.8 Å². The fourth-order valence-electron chi connectivity index (χ4n) is 1.78. The fourth-order valence-corrected chi connectivity index (χ4v) is 1.78. The maximum atomic E-state index is 8.74. The Labute approximate surface area is 128 Å². The Hall–Kier alpha value is -2.30. The molecule has 0 unspecified atom stereocenters. The van der Waals surface area contributed by atoms with Gasteiger partial charge in [-0.1, -0.05) is 0 Å². The standard InChI is InChI=1S/C12H17N5.H2O4S/c1-7-12(8(2)17(3)16-7)15-11-5-4-9(13)6-10(11)14;1-5(2,3)4/h4-6,15H,13-14H2,1-3H3;(H2,1,2,3,4). The van der Waals surface area contributed by atoms with Crippen molar-refractivity contribution in [3.05, 3.63) is 29.6 Å². The van der Waals surface area contributed by atoms with Gasteiger partial charge in [-0.25, -0.2) is 0 Å². The van der Waals surface area contributed by atoms with Crippen LogP contribution in [0.25, 0.3) is 0 Å². The molecule has 0 saturated heterocycles. The Bertz CT molecular complexity index is 762. The molecule has 122 valence electrons. The lowest BCUT2D eigenvalue weighted by Gasteiger charge is -2.10. The van der Waals surface area contributed by atoms with Crippen LogP contribution in [-0.2, 0) is 17.4 Å². The van der Waals surface area contributed by atoms with Crippen molar-refractivity contribution in [3.8, 4) is 0 Å². The number of aryl methyl sites for hydroxylation is 2. The number of aromatic nitrogens is 2. The van der Waals surface area contributed by atoms with Crippen LogP contribution in [0, 0.1) is 13.8 Å². The molecule has 7 N–H and O–H groups in total. The topological polar surface area (TPSA) is 156 Å². The van der Waals surface area contributed by atoms with E-state index in [1.807, 2.05) is 37.7 Å². The zero-order chi connectivity index (χ0) is 17.1. The van der Waals surface area contributed by atoms with Crippen molar-refractivity contribution in [2.24, 2.45) is 7.05 Å². The molecule has 2 aromatic rings. The summed E-state index contributed by atoms with van der Waals surface area (Å²) in [4.78, 5) is 0. The fraction of sp³-hybridized carbons (Fsp3) is 0.250. The number of hydrogen-bond donors (Lipinski definition) is 5. The molecule has 0 fully saturated rings. The SMILES string of the molecule is Cc1nn(C)c(C)c1Nc1ccc(N)cc1N.O=S(=O)(O)O.